The number of nitrogens with one attached hydrogen (secondary N) is 2. The summed E-state index contributed by atoms with van der Waals surface area (Å²) < 4.78 is 10.5. The van der Waals surface area contributed by atoms with Crippen molar-refractivity contribution in [1.29, 1.82) is 0 Å². The van der Waals surface area contributed by atoms with E-state index in [-0.39, 0.29) is 0 Å². The summed E-state index contributed by atoms with van der Waals surface area (Å²) in [6.45, 7) is 10.8. The lowest BCUT2D eigenvalue weighted by Gasteiger charge is -2.19. The van der Waals surface area contributed by atoms with Gasteiger partial charge in [-0.2, -0.15) is 0 Å². The first-order chi connectivity index (χ1) is 13.9. The molecular weight excluding hydrogens is 384 g/mol. The van der Waals surface area contributed by atoms with Gasteiger partial charge in [-0.15, -0.1) is 0 Å². The molecule has 0 unspecified atom stereocenters. The first kappa shape index (κ1) is 23.1. The summed E-state index contributed by atoms with van der Waals surface area (Å²) >= 11 is 0. The SMILES string of the molecule is CC(C)(C)OC(=O)Nc1cncc(CCc2cc(NC(=O)OC(C)(C)C)ccn2)c1. The maximum Gasteiger partial charge on any atom is 0.412 e. The molecule has 2 amide bonds. The van der Waals surface area contributed by atoms with E-state index in [2.05, 4.69) is 20.6 Å². The molecule has 0 saturated carbocycles. The molecule has 2 N–H and O–H groups in total. The zero-order chi connectivity index (χ0) is 22.4. The highest BCUT2D eigenvalue weighted by molar-refractivity contribution is 5.85. The van der Waals surface area contributed by atoms with E-state index in [1.54, 1.807) is 51.5 Å². The number of carbonyl (C=O) groups excluding carboxylic acids is 2. The van der Waals surface area contributed by atoms with E-state index in [0.717, 1.165) is 11.3 Å². The van der Waals surface area contributed by atoms with Gasteiger partial charge in [-0.25, -0.2) is 9.59 Å². The molecule has 0 spiro atoms. The average Bonchev–Trinajstić information content (AvgIpc) is 2.57. The predicted molar refractivity (Wildman–Crippen MR) is 116 cm³/mol. The van der Waals surface area contributed by atoms with E-state index >= 15 is 0 Å². The molecule has 0 radical (unpaired) electrons. The van der Waals surface area contributed by atoms with Crippen LogP contribution in [0.4, 0.5) is 21.0 Å². The van der Waals surface area contributed by atoms with Gasteiger partial charge in [-0.3, -0.25) is 20.6 Å². The molecule has 0 atom stereocenters. The number of amides is 2. The van der Waals surface area contributed by atoms with Crippen LogP contribution in [0.3, 0.4) is 0 Å². The van der Waals surface area contributed by atoms with Crippen molar-refractivity contribution in [3.63, 3.8) is 0 Å². The predicted octanol–water partition coefficient (Wildman–Crippen LogP) is 4.96. The van der Waals surface area contributed by atoms with Crippen molar-refractivity contribution in [3.8, 4) is 0 Å². The highest BCUT2D eigenvalue weighted by atomic mass is 16.6. The Hall–Kier alpha value is -3.16. The van der Waals surface area contributed by atoms with Gasteiger partial charge < -0.3 is 9.47 Å². The Balaban J connectivity index is 1.94. The Morgan fingerprint density at radius 1 is 0.867 bits per heavy atom. The van der Waals surface area contributed by atoms with E-state index in [4.69, 9.17) is 9.47 Å². The fourth-order valence-electron chi connectivity index (χ4n) is 2.50. The van der Waals surface area contributed by atoms with Crippen LogP contribution in [0.2, 0.25) is 0 Å². The van der Waals surface area contributed by atoms with Crippen LogP contribution in [0, 0.1) is 0 Å². The van der Waals surface area contributed by atoms with Crippen LogP contribution < -0.4 is 10.6 Å². The molecule has 0 aromatic carbocycles. The number of nitrogens with zero attached hydrogens (tertiary/aromatic N) is 2. The third-order valence-corrected chi connectivity index (χ3v) is 3.57. The minimum Gasteiger partial charge on any atom is -0.444 e. The van der Waals surface area contributed by atoms with Crippen molar-refractivity contribution in [2.45, 2.75) is 65.6 Å². The average molecular weight is 415 g/mol. The largest absolute Gasteiger partial charge is 0.444 e. The number of hydrogen-bond donors (Lipinski definition) is 2. The maximum atomic E-state index is 11.9. The summed E-state index contributed by atoms with van der Waals surface area (Å²) in [6, 6.07) is 5.36. The lowest BCUT2D eigenvalue weighted by Crippen LogP contribution is -2.27. The molecule has 30 heavy (non-hydrogen) atoms. The smallest absolute Gasteiger partial charge is 0.412 e. The summed E-state index contributed by atoms with van der Waals surface area (Å²) in [7, 11) is 0. The first-order valence-electron chi connectivity index (χ1n) is 9.78. The second-order valence-electron chi connectivity index (χ2n) is 8.87. The summed E-state index contributed by atoms with van der Waals surface area (Å²) in [5.74, 6) is 0. The Labute approximate surface area is 177 Å². The standard InChI is InChI=1S/C22H30N4O4/c1-21(2,3)29-19(27)25-17-9-10-24-16(12-17)8-7-15-11-18(14-23-13-15)26-20(28)30-22(4,5)6/h9-14H,7-8H2,1-6H3,(H,26,28)(H,24,25,27). The number of pyridine rings is 2. The van der Waals surface area contributed by atoms with Gasteiger partial charge in [0.05, 0.1) is 11.9 Å². The number of aromatic nitrogens is 2. The minimum atomic E-state index is -0.570. The summed E-state index contributed by atoms with van der Waals surface area (Å²) in [5.41, 5.74) is 1.80. The van der Waals surface area contributed by atoms with Crippen LogP contribution in [0.1, 0.15) is 52.8 Å². The number of carbonyl (C=O) groups is 2. The zero-order valence-corrected chi connectivity index (χ0v) is 18.4. The fourth-order valence-corrected chi connectivity index (χ4v) is 2.50. The zero-order valence-electron chi connectivity index (χ0n) is 18.4. The van der Waals surface area contributed by atoms with Gasteiger partial charge in [0.1, 0.15) is 11.2 Å². The normalized spacial score (nSPS) is 11.5. The fraction of sp³-hybridized carbons (Fsp3) is 0.455. The van der Waals surface area contributed by atoms with Gasteiger partial charge in [0.25, 0.3) is 0 Å². The van der Waals surface area contributed by atoms with Crippen LogP contribution in [0.15, 0.2) is 36.8 Å². The number of anilines is 2. The Kier molecular flexibility index (Phi) is 7.37. The van der Waals surface area contributed by atoms with Crippen molar-refractivity contribution in [1.82, 2.24) is 9.97 Å². The molecule has 0 aliphatic rings. The second-order valence-corrected chi connectivity index (χ2v) is 8.87. The highest BCUT2D eigenvalue weighted by Gasteiger charge is 2.17. The van der Waals surface area contributed by atoms with E-state index in [1.165, 1.54) is 0 Å². The monoisotopic (exact) mass is 414 g/mol. The first-order valence-corrected chi connectivity index (χ1v) is 9.78. The van der Waals surface area contributed by atoms with Gasteiger partial charge in [0.15, 0.2) is 0 Å². The molecule has 0 fully saturated rings. The second kappa shape index (κ2) is 9.56. The van der Waals surface area contributed by atoms with Gasteiger partial charge in [0.2, 0.25) is 0 Å². The van der Waals surface area contributed by atoms with E-state index in [9.17, 15) is 9.59 Å². The van der Waals surface area contributed by atoms with E-state index in [0.29, 0.717) is 24.2 Å². The third kappa shape index (κ3) is 8.89. The topological polar surface area (TPSA) is 102 Å². The van der Waals surface area contributed by atoms with Crippen molar-refractivity contribution < 1.29 is 19.1 Å². The quantitative estimate of drug-likeness (QED) is 0.717. The Bertz CT molecular complexity index is 812. The summed E-state index contributed by atoms with van der Waals surface area (Å²) in [4.78, 5) is 32.4. The maximum absolute atomic E-state index is 11.9. The molecule has 2 heterocycles. The van der Waals surface area contributed by atoms with Crippen LogP contribution >= 0.6 is 0 Å². The van der Waals surface area contributed by atoms with Crippen molar-refractivity contribution in [3.05, 3.63) is 48.0 Å². The molecule has 8 nitrogen and oxygen atoms in total. The van der Waals surface area contributed by atoms with Gasteiger partial charge >= 0.3 is 12.2 Å². The van der Waals surface area contributed by atoms with Crippen molar-refractivity contribution >= 4 is 23.6 Å². The molecule has 0 bridgehead atoms. The molecule has 2 rings (SSSR count). The number of aryl methyl sites for hydroxylation is 2. The minimum absolute atomic E-state index is 0.509. The van der Waals surface area contributed by atoms with Crippen LogP contribution in [-0.4, -0.2) is 33.4 Å². The molecule has 2 aromatic heterocycles. The Morgan fingerprint density at radius 3 is 2.07 bits per heavy atom. The van der Waals surface area contributed by atoms with E-state index in [1.807, 2.05) is 26.8 Å². The lowest BCUT2D eigenvalue weighted by atomic mass is 10.1. The number of rotatable bonds is 5. The van der Waals surface area contributed by atoms with Crippen LogP contribution in [0.25, 0.3) is 0 Å². The van der Waals surface area contributed by atoms with E-state index < -0.39 is 23.4 Å². The highest BCUT2D eigenvalue weighted by Crippen LogP contribution is 2.16. The molecule has 0 aliphatic heterocycles. The number of ether oxygens (including phenoxy) is 2. The lowest BCUT2D eigenvalue weighted by molar-refractivity contribution is 0.0624. The van der Waals surface area contributed by atoms with Gasteiger partial charge in [-0.1, -0.05) is 0 Å². The molecular formula is C22H30N4O4. The summed E-state index contributed by atoms with van der Waals surface area (Å²) in [6.07, 6.45) is 5.22. The number of hydrogen-bond acceptors (Lipinski definition) is 6. The van der Waals surface area contributed by atoms with Crippen LogP contribution in [-0.2, 0) is 22.3 Å². The van der Waals surface area contributed by atoms with Gasteiger partial charge in [0, 0.05) is 23.8 Å². The van der Waals surface area contributed by atoms with Crippen molar-refractivity contribution in [2.75, 3.05) is 10.6 Å². The van der Waals surface area contributed by atoms with Gasteiger partial charge in [-0.05, 0) is 78.1 Å². The molecule has 0 aliphatic carbocycles. The molecule has 162 valence electrons. The Morgan fingerprint density at radius 2 is 1.47 bits per heavy atom. The molecule has 0 saturated heterocycles. The van der Waals surface area contributed by atoms with Crippen molar-refractivity contribution in [2.24, 2.45) is 0 Å². The summed E-state index contributed by atoms with van der Waals surface area (Å²) in [5, 5.41) is 5.40. The van der Waals surface area contributed by atoms with Crippen LogP contribution in [0.5, 0.6) is 0 Å². The molecule has 8 heteroatoms. The molecule has 2 aromatic rings. The third-order valence-electron chi connectivity index (χ3n) is 3.57.